The Morgan fingerprint density at radius 3 is 1.13 bits per heavy atom. The SMILES string of the molecule is CC1CCC(C2CC[C@]3(CC2)C(=O)[C@@]2(CC[C@@H](C4CCC(C)CC4)CC2)C3(Cl)Cl)CC1. The standard InChI is InChI=1S/C28H44Cl2O/c1-19-3-7-21(8-4-19)23-11-15-26(16-12-23)25(31)27(28(26,29)30)17-13-24(14-18-27)22-9-5-20(2)6-10-22/h19-24H,3-18H2,1-2H3/t19?,20?,21?,22?,23-,24?,26+,27-. The Balaban J connectivity index is 1.20. The van der Waals surface area contributed by atoms with Crippen molar-refractivity contribution in [2.45, 2.75) is 121 Å². The highest BCUT2D eigenvalue weighted by atomic mass is 35.5. The number of alkyl halides is 2. The summed E-state index contributed by atoms with van der Waals surface area (Å²) in [5.41, 5.74) is -0.858. The van der Waals surface area contributed by atoms with Crippen LogP contribution in [0.4, 0.5) is 0 Å². The van der Waals surface area contributed by atoms with Gasteiger partial charge in [0.05, 0.1) is 10.8 Å². The molecular formula is C28H44Cl2O. The van der Waals surface area contributed by atoms with E-state index in [0.717, 1.165) is 61.2 Å². The molecule has 0 N–H and O–H groups in total. The molecule has 0 amide bonds. The molecule has 0 atom stereocenters. The average molecular weight is 468 g/mol. The molecule has 2 spiro atoms. The summed E-state index contributed by atoms with van der Waals surface area (Å²) in [5, 5.41) is 0. The Morgan fingerprint density at radius 2 is 0.839 bits per heavy atom. The number of carbonyl (C=O) groups excluding carboxylic acids is 1. The van der Waals surface area contributed by atoms with Gasteiger partial charge < -0.3 is 0 Å². The van der Waals surface area contributed by atoms with Gasteiger partial charge in [-0.05, 0) is 113 Å². The molecule has 0 unspecified atom stereocenters. The zero-order valence-electron chi connectivity index (χ0n) is 19.9. The van der Waals surface area contributed by atoms with Crippen LogP contribution < -0.4 is 0 Å². The average Bonchev–Trinajstić information content (AvgIpc) is 2.79. The summed E-state index contributed by atoms with van der Waals surface area (Å²) in [6.45, 7) is 4.80. The number of ketones is 1. The first-order valence-corrected chi connectivity index (χ1v) is 14.5. The number of rotatable bonds is 2. The lowest BCUT2D eigenvalue weighted by Gasteiger charge is -2.67. The molecule has 0 aromatic carbocycles. The van der Waals surface area contributed by atoms with E-state index in [2.05, 4.69) is 13.8 Å². The zero-order chi connectivity index (χ0) is 21.9. The van der Waals surface area contributed by atoms with E-state index < -0.39 is 15.2 Å². The number of hydrogen-bond acceptors (Lipinski definition) is 1. The fourth-order valence-corrected chi connectivity index (χ4v) is 10.0. The fourth-order valence-electron chi connectivity index (χ4n) is 8.94. The van der Waals surface area contributed by atoms with E-state index in [-0.39, 0.29) is 0 Å². The molecule has 0 saturated heterocycles. The summed E-state index contributed by atoms with van der Waals surface area (Å²) in [7, 11) is 0. The first-order chi connectivity index (χ1) is 14.8. The summed E-state index contributed by atoms with van der Waals surface area (Å²) in [4.78, 5) is 13.8. The van der Waals surface area contributed by atoms with E-state index in [1.54, 1.807) is 0 Å². The molecule has 0 aromatic heterocycles. The summed E-state index contributed by atoms with van der Waals surface area (Å²) in [6, 6.07) is 0. The summed E-state index contributed by atoms with van der Waals surface area (Å²) >= 11 is 14.4. The van der Waals surface area contributed by atoms with Crippen molar-refractivity contribution in [2.24, 2.45) is 46.3 Å². The Hall–Kier alpha value is 0.250. The third kappa shape index (κ3) is 3.57. The molecule has 5 rings (SSSR count). The maximum absolute atomic E-state index is 13.8. The monoisotopic (exact) mass is 466 g/mol. The quantitative estimate of drug-likeness (QED) is 0.371. The minimum atomic E-state index is -0.824. The molecular weight excluding hydrogens is 423 g/mol. The van der Waals surface area contributed by atoms with Crippen molar-refractivity contribution < 1.29 is 4.79 Å². The third-order valence-electron chi connectivity index (χ3n) is 11.3. The van der Waals surface area contributed by atoms with Gasteiger partial charge in [-0.25, -0.2) is 0 Å². The van der Waals surface area contributed by atoms with Gasteiger partial charge in [-0.15, -0.1) is 0 Å². The molecule has 0 heterocycles. The molecule has 31 heavy (non-hydrogen) atoms. The first-order valence-electron chi connectivity index (χ1n) is 13.7. The minimum absolute atomic E-state index is 0.429. The van der Waals surface area contributed by atoms with Crippen LogP contribution in [-0.4, -0.2) is 10.1 Å². The molecule has 176 valence electrons. The summed E-state index contributed by atoms with van der Waals surface area (Å²) in [5.74, 6) is 5.65. The van der Waals surface area contributed by atoms with Crippen LogP contribution in [0.15, 0.2) is 0 Å². The fraction of sp³-hybridized carbons (Fsp3) is 0.964. The van der Waals surface area contributed by atoms with E-state index in [1.807, 2.05) is 0 Å². The van der Waals surface area contributed by atoms with Gasteiger partial charge in [-0.1, -0.05) is 62.7 Å². The predicted molar refractivity (Wildman–Crippen MR) is 130 cm³/mol. The van der Waals surface area contributed by atoms with Crippen LogP contribution in [0.3, 0.4) is 0 Å². The van der Waals surface area contributed by atoms with E-state index in [0.29, 0.717) is 5.78 Å². The van der Waals surface area contributed by atoms with Crippen LogP contribution in [0, 0.1) is 46.3 Å². The molecule has 1 nitrogen and oxygen atoms in total. The second-order valence-corrected chi connectivity index (χ2v) is 14.1. The van der Waals surface area contributed by atoms with Crippen molar-refractivity contribution in [1.29, 1.82) is 0 Å². The smallest absolute Gasteiger partial charge is 0.151 e. The molecule has 5 aliphatic rings. The maximum atomic E-state index is 13.8. The van der Waals surface area contributed by atoms with Crippen LogP contribution in [-0.2, 0) is 4.79 Å². The summed E-state index contributed by atoms with van der Waals surface area (Å²) in [6.07, 6.45) is 19.6. The van der Waals surface area contributed by atoms with Crippen LogP contribution in [0.2, 0.25) is 0 Å². The van der Waals surface area contributed by atoms with Gasteiger partial charge in [-0.3, -0.25) is 4.79 Å². The Kier molecular flexibility index (Phi) is 6.29. The second-order valence-electron chi connectivity index (χ2n) is 12.8. The second kappa shape index (κ2) is 8.48. The highest BCUT2D eigenvalue weighted by Crippen LogP contribution is 2.75. The molecule has 5 saturated carbocycles. The Bertz CT molecular complexity index is 598. The van der Waals surface area contributed by atoms with Crippen molar-refractivity contribution in [3.05, 3.63) is 0 Å². The molecule has 0 radical (unpaired) electrons. The van der Waals surface area contributed by atoms with Crippen molar-refractivity contribution >= 4 is 29.0 Å². The zero-order valence-corrected chi connectivity index (χ0v) is 21.5. The molecule has 5 aliphatic carbocycles. The van der Waals surface area contributed by atoms with E-state index in [9.17, 15) is 4.79 Å². The molecule has 0 aromatic rings. The Labute approximate surface area is 200 Å². The van der Waals surface area contributed by atoms with Gasteiger partial charge >= 0.3 is 0 Å². The van der Waals surface area contributed by atoms with Crippen molar-refractivity contribution in [2.75, 3.05) is 0 Å². The lowest BCUT2D eigenvalue weighted by molar-refractivity contribution is -0.173. The van der Waals surface area contributed by atoms with Gasteiger partial charge in [0, 0.05) is 0 Å². The van der Waals surface area contributed by atoms with E-state index >= 15 is 0 Å². The summed E-state index contributed by atoms with van der Waals surface area (Å²) < 4.78 is -0.824. The lowest BCUT2D eigenvalue weighted by atomic mass is 9.41. The highest BCUT2D eigenvalue weighted by Gasteiger charge is 2.79. The third-order valence-corrected chi connectivity index (χ3v) is 12.7. The predicted octanol–water partition coefficient (Wildman–Crippen LogP) is 8.75. The van der Waals surface area contributed by atoms with Crippen LogP contribution in [0.1, 0.15) is 117 Å². The van der Waals surface area contributed by atoms with Crippen LogP contribution in [0.5, 0.6) is 0 Å². The van der Waals surface area contributed by atoms with E-state index in [4.69, 9.17) is 23.2 Å². The Morgan fingerprint density at radius 1 is 0.548 bits per heavy atom. The van der Waals surface area contributed by atoms with Gasteiger partial charge in [0.1, 0.15) is 4.33 Å². The number of Topliss-reactive ketones (excluding diaryl/α,β-unsaturated/α-hetero) is 1. The maximum Gasteiger partial charge on any atom is 0.151 e. The lowest BCUT2D eigenvalue weighted by Crippen LogP contribution is -2.74. The molecule has 0 bridgehead atoms. The van der Waals surface area contributed by atoms with Crippen LogP contribution in [0.25, 0.3) is 0 Å². The molecule has 5 fully saturated rings. The van der Waals surface area contributed by atoms with Gasteiger partial charge in [0.2, 0.25) is 0 Å². The van der Waals surface area contributed by atoms with Crippen molar-refractivity contribution in [1.82, 2.24) is 0 Å². The number of hydrogen-bond donors (Lipinski definition) is 0. The topological polar surface area (TPSA) is 17.1 Å². The highest BCUT2D eigenvalue weighted by molar-refractivity contribution is 6.55. The normalized spacial score (nSPS) is 50.4. The van der Waals surface area contributed by atoms with Gasteiger partial charge in [0.25, 0.3) is 0 Å². The number of halogens is 2. The van der Waals surface area contributed by atoms with Crippen LogP contribution >= 0.6 is 23.2 Å². The first kappa shape index (κ1) is 23.0. The van der Waals surface area contributed by atoms with E-state index in [1.165, 1.54) is 77.0 Å². The molecule has 0 aliphatic heterocycles. The van der Waals surface area contributed by atoms with Crippen molar-refractivity contribution in [3.63, 3.8) is 0 Å². The minimum Gasteiger partial charge on any atom is -0.298 e. The van der Waals surface area contributed by atoms with Gasteiger partial charge in [-0.2, -0.15) is 0 Å². The molecule has 3 heteroatoms. The van der Waals surface area contributed by atoms with Gasteiger partial charge in [0.15, 0.2) is 5.78 Å². The number of carbonyl (C=O) groups is 1. The van der Waals surface area contributed by atoms with Crippen molar-refractivity contribution in [3.8, 4) is 0 Å². The largest absolute Gasteiger partial charge is 0.298 e.